The average Bonchev–Trinajstić information content (AvgIpc) is 2.40. The molecule has 4 nitrogen and oxygen atoms in total. The lowest BCUT2D eigenvalue weighted by Gasteiger charge is -2.13. The molecule has 116 valence electrons. The molecule has 0 aliphatic carbocycles. The number of carbonyl (C=O) groups is 2. The zero-order chi connectivity index (χ0) is 16.0. The molecule has 0 saturated carbocycles. The molecule has 1 amide bonds. The highest BCUT2D eigenvalue weighted by atomic mass is 32.2. The second-order valence-corrected chi connectivity index (χ2v) is 6.93. The number of carboxylic acid groups (broad SMARTS) is 1. The van der Waals surface area contributed by atoms with Gasteiger partial charge >= 0.3 is 5.97 Å². The standard InChI is InChI=1S/C16H23NO3S/c1-10(2)7-8-17-15(18)12(4)21-13-6-5-11(3)14(9-13)16(19)20/h5-6,9-10,12H,7-8H2,1-4H3,(H,17,18)(H,19,20). The van der Waals surface area contributed by atoms with E-state index in [1.807, 2.05) is 13.0 Å². The van der Waals surface area contributed by atoms with Gasteiger partial charge in [0, 0.05) is 11.4 Å². The van der Waals surface area contributed by atoms with E-state index in [0.717, 1.165) is 16.9 Å². The summed E-state index contributed by atoms with van der Waals surface area (Å²) in [5.74, 6) is -0.398. The highest BCUT2D eigenvalue weighted by Crippen LogP contribution is 2.25. The predicted octanol–water partition coefficient (Wildman–Crippen LogP) is 3.34. The summed E-state index contributed by atoms with van der Waals surface area (Å²) in [5.41, 5.74) is 1.01. The molecule has 5 heteroatoms. The molecule has 2 N–H and O–H groups in total. The molecule has 0 aliphatic rings. The van der Waals surface area contributed by atoms with E-state index in [-0.39, 0.29) is 16.7 Å². The molecule has 1 rings (SSSR count). The number of benzene rings is 1. The number of rotatable bonds is 7. The monoisotopic (exact) mass is 309 g/mol. The van der Waals surface area contributed by atoms with E-state index < -0.39 is 5.97 Å². The van der Waals surface area contributed by atoms with Crippen molar-refractivity contribution in [3.63, 3.8) is 0 Å². The number of nitrogens with one attached hydrogen (secondary N) is 1. The Morgan fingerprint density at radius 2 is 1.95 bits per heavy atom. The summed E-state index contributed by atoms with van der Waals surface area (Å²) in [5, 5.41) is 11.8. The van der Waals surface area contributed by atoms with Gasteiger partial charge in [-0.15, -0.1) is 11.8 Å². The van der Waals surface area contributed by atoms with Crippen molar-refractivity contribution in [3.05, 3.63) is 29.3 Å². The Balaban J connectivity index is 2.62. The number of carboxylic acids is 1. The molecule has 0 bridgehead atoms. The van der Waals surface area contributed by atoms with Crippen LogP contribution in [0.15, 0.2) is 23.1 Å². The van der Waals surface area contributed by atoms with Crippen molar-refractivity contribution in [2.24, 2.45) is 5.92 Å². The maximum Gasteiger partial charge on any atom is 0.335 e. The molecule has 0 heterocycles. The third-order valence-electron chi connectivity index (χ3n) is 3.14. The first-order valence-electron chi connectivity index (χ1n) is 7.09. The van der Waals surface area contributed by atoms with Gasteiger partial charge in [0.15, 0.2) is 0 Å². The molecule has 0 aliphatic heterocycles. The van der Waals surface area contributed by atoms with Crippen LogP contribution in [0.2, 0.25) is 0 Å². The van der Waals surface area contributed by atoms with Crippen LogP contribution in [0.3, 0.4) is 0 Å². The minimum Gasteiger partial charge on any atom is -0.478 e. The maximum atomic E-state index is 12.0. The molecule has 1 aromatic rings. The summed E-state index contributed by atoms with van der Waals surface area (Å²) in [4.78, 5) is 23.9. The molecule has 1 atom stereocenters. The summed E-state index contributed by atoms with van der Waals surface area (Å²) in [6.45, 7) is 8.50. The normalized spacial score (nSPS) is 12.2. The molecule has 0 saturated heterocycles. The molecule has 0 radical (unpaired) electrons. The Morgan fingerprint density at radius 3 is 2.52 bits per heavy atom. The number of amides is 1. The first-order valence-corrected chi connectivity index (χ1v) is 7.97. The third-order valence-corrected chi connectivity index (χ3v) is 4.24. The molecule has 0 spiro atoms. The van der Waals surface area contributed by atoms with Crippen molar-refractivity contribution >= 4 is 23.6 Å². The maximum absolute atomic E-state index is 12.0. The largest absolute Gasteiger partial charge is 0.478 e. The second kappa shape index (κ2) is 8.08. The number of hydrogen-bond acceptors (Lipinski definition) is 3. The molecular weight excluding hydrogens is 286 g/mol. The minimum absolute atomic E-state index is 0.0156. The van der Waals surface area contributed by atoms with Crippen LogP contribution in [0.25, 0.3) is 0 Å². The van der Waals surface area contributed by atoms with Crippen LogP contribution < -0.4 is 5.32 Å². The lowest BCUT2D eigenvalue weighted by atomic mass is 10.1. The van der Waals surface area contributed by atoms with Crippen LogP contribution in [0.5, 0.6) is 0 Å². The highest BCUT2D eigenvalue weighted by Gasteiger charge is 2.15. The van der Waals surface area contributed by atoms with Crippen molar-refractivity contribution in [2.45, 2.75) is 44.3 Å². The van der Waals surface area contributed by atoms with E-state index in [0.29, 0.717) is 12.5 Å². The van der Waals surface area contributed by atoms with Crippen LogP contribution in [-0.4, -0.2) is 28.8 Å². The number of aryl methyl sites for hydroxylation is 1. The molecule has 21 heavy (non-hydrogen) atoms. The van der Waals surface area contributed by atoms with Crippen LogP contribution in [0.1, 0.15) is 43.1 Å². The summed E-state index contributed by atoms with van der Waals surface area (Å²) in [6, 6.07) is 5.25. The van der Waals surface area contributed by atoms with E-state index in [1.54, 1.807) is 19.1 Å². The van der Waals surface area contributed by atoms with E-state index >= 15 is 0 Å². The van der Waals surface area contributed by atoms with Crippen LogP contribution in [0, 0.1) is 12.8 Å². The quantitative estimate of drug-likeness (QED) is 0.758. The Kier molecular flexibility index (Phi) is 6.75. The summed E-state index contributed by atoms with van der Waals surface area (Å²) < 4.78 is 0. The van der Waals surface area contributed by atoms with Gasteiger partial charge in [0.2, 0.25) is 5.91 Å². The van der Waals surface area contributed by atoms with Gasteiger partial charge in [0.25, 0.3) is 0 Å². The fourth-order valence-corrected chi connectivity index (χ4v) is 2.72. The molecule has 1 unspecified atom stereocenters. The van der Waals surface area contributed by atoms with E-state index in [4.69, 9.17) is 5.11 Å². The first kappa shape index (κ1) is 17.6. The van der Waals surface area contributed by atoms with Crippen LogP contribution in [-0.2, 0) is 4.79 Å². The zero-order valence-electron chi connectivity index (χ0n) is 13.0. The number of carbonyl (C=O) groups excluding carboxylic acids is 1. The van der Waals surface area contributed by atoms with Gasteiger partial charge in [0.05, 0.1) is 10.8 Å². The van der Waals surface area contributed by atoms with Gasteiger partial charge in [-0.3, -0.25) is 4.79 Å². The fraction of sp³-hybridized carbons (Fsp3) is 0.500. The van der Waals surface area contributed by atoms with Crippen molar-refractivity contribution in [3.8, 4) is 0 Å². The van der Waals surface area contributed by atoms with E-state index in [1.165, 1.54) is 11.8 Å². The van der Waals surface area contributed by atoms with Gasteiger partial charge in [-0.05, 0) is 43.9 Å². The van der Waals surface area contributed by atoms with Crippen molar-refractivity contribution < 1.29 is 14.7 Å². The SMILES string of the molecule is Cc1ccc(SC(C)C(=O)NCCC(C)C)cc1C(=O)O. The molecule has 0 aromatic heterocycles. The highest BCUT2D eigenvalue weighted by molar-refractivity contribution is 8.00. The second-order valence-electron chi connectivity index (χ2n) is 5.52. The van der Waals surface area contributed by atoms with Crippen LogP contribution in [0.4, 0.5) is 0 Å². The minimum atomic E-state index is -0.941. The summed E-state index contributed by atoms with van der Waals surface area (Å²) in [7, 11) is 0. The van der Waals surface area contributed by atoms with Gasteiger partial charge in [-0.2, -0.15) is 0 Å². The number of aromatic carboxylic acids is 1. The van der Waals surface area contributed by atoms with Crippen molar-refractivity contribution in [1.82, 2.24) is 5.32 Å². The van der Waals surface area contributed by atoms with E-state index in [2.05, 4.69) is 19.2 Å². The van der Waals surface area contributed by atoms with Gasteiger partial charge < -0.3 is 10.4 Å². The molecule has 1 aromatic carbocycles. The van der Waals surface area contributed by atoms with Crippen molar-refractivity contribution in [1.29, 1.82) is 0 Å². The lowest BCUT2D eigenvalue weighted by Crippen LogP contribution is -2.32. The Hall–Kier alpha value is -1.49. The number of thioether (sulfide) groups is 1. The van der Waals surface area contributed by atoms with Gasteiger partial charge in [-0.1, -0.05) is 19.9 Å². The molecular formula is C16H23NO3S. The molecule has 0 fully saturated rings. The summed E-state index contributed by atoms with van der Waals surface area (Å²) in [6.07, 6.45) is 0.955. The Morgan fingerprint density at radius 1 is 1.29 bits per heavy atom. The summed E-state index contributed by atoms with van der Waals surface area (Å²) >= 11 is 1.38. The van der Waals surface area contributed by atoms with Gasteiger partial charge in [0.1, 0.15) is 0 Å². The Bertz CT molecular complexity index is 514. The number of hydrogen-bond donors (Lipinski definition) is 2. The topological polar surface area (TPSA) is 66.4 Å². The van der Waals surface area contributed by atoms with Crippen molar-refractivity contribution in [2.75, 3.05) is 6.54 Å². The zero-order valence-corrected chi connectivity index (χ0v) is 13.8. The van der Waals surface area contributed by atoms with E-state index in [9.17, 15) is 9.59 Å². The fourth-order valence-electron chi connectivity index (χ4n) is 1.79. The van der Waals surface area contributed by atoms with Crippen LogP contribution >= 0.6 is 11.8 Å². The average molecular weight is 309 g/mol. The Labute approximate surface area is 130 Å². The first-order chi connectivity index (χ1) is 9.81. The lowest BCUT2D eigenvalue weighted by molar-refractivity contribution is -0.120. The van der Waals surface area contributed by atoms with Gasteiger partial charge in [-0.25, -0.2) is 4.79 Å². The predicted molar refractivity (Wildman–Crippen MR) is 85.9 cm³/mol. The third kappa shape index (κ3) is 5.79. The smallest absolute Gasteiger partial charge is 0.335 e.